The van der Waals surface area contributed by atoms with E-state index in [1.165, 1.54) is 25.7 Å². The van der Waals surface area contributed by atoms with Crippen molar-refractivity contribution in [2.45, 2.75) is 64.6 Å². The summed E-state index contributed by atoms with van der Waals surface area (Å²) in [6.45, 7) is 6.75. The van der Waals surface area contributed by atoms with Crippen LogP contribution in [0.4, 0.5) is 0 Å². The first-order valence-corrected chi connectivity index (χ1v) is 7.94. The Hall–Kier alpha value is -0.120. The molecule has 19 heavy (non-hydrogen) atoms. The largest absolute Gasteiger partial charge is 0.375 e. The van der Waals surface area contributed by atoms with Crippen LogP contribution >= 0.6 is 0 Å². The molecule has 3 heteroatoms. The second-order valence-electron chi connectivity index (χ2n) is 6.14. The summed E-state index contributed by atoms with van der Waals surface area (Å²) in [5.74, 6) is 0. The van der Waals surface area contributed by atoms with Gasteiger partial charge in [0.2, 0.25) is 0 Å². The monoisotopic (exact) mass is 272 g/mol. The van der Waals surface area contributed by atoms with Crippen molar-refractivity contribution in [3.8, 4) is 0 Å². The van der Waals surface area contributed by atoms with Crippen molar-refractivity contribution in [2.75, 3.05) is 41.3 Å². The summed E-state index contributed by atoms with van der Waals surface area (Å²) >= 11 is 0. The highest BCUT2D eigenvalue weighted by Crippen LogP contribution is 2.16. The zero-order valence-corrected chi connectivity index (χ0v) is 14.1. The van der Waals surface area contributed by atoms with Crippen LogP contribution < -0.4 is 0 Å². The molecule has 3 nitrogen and oxygen atoms in total. The lowest BCUT2D eigenvalue weighted by molar-refractivity contribution is -0.0333. The maximum Gasteiger partial charge on any atom is 0.0591 e. The zero-order valence-electron chi connectivity index (χ0n) is 14.1. The quantitative estimate of drug-likeness (QED) is 0.542. The molecule has 0 spiro atoms. The second-order valence-corrected chi connectivity index (χ2v) is 6.14. The summed E-state index contributed by atoms with van der Waals surface area (Å²) in [5, 5.41) is 0. The fourth-order valence-corrected chi connectivity index (χ4v) is 2.28. The number of nitrogens with zero attached hydrogens (tertiary/aromatic N) is 2. The van der Waals surface area contributed by atoms with E-state index in [1.54, 1.807) is 0 Å². The molecular formula is C16H36N2O. The lowest BCUT2D eigenvalue weighted by atomic mass is 10.1. The third-order valence-corrected chi connectivity index (χ3v) is 3.40. The van der Waals surface area contributed by atoms with Crippen molar-refractivity contribution in [2.24, 2.45) is 0 Å². The molecule has 0 N–H and O–H groups in total. The van der Waals surface area contributed by atoms with E-state index in [0.717, 1.165) is 25.9 Å². The molecule has 0 aliphatic carbocycles. The van der Waals surface area contributed by atoms with E-state index in [1.807, 2.05) is 0 Å². The highest BCUT2D eigenvalue weighted by molar-refractivity contribution is 4.66. The van der Waals surface area contributed by atoms with Crippen molar-refractivity contribution < 1.29 is 4.74 Å². The standard InChI is InChI=1S/C16H36N2O/c1-7-9-15(11-13-17(3)4)19-16(10-8-2)12-14-18(5)6/h15-16H,7-14H2,1-6H3. The molecule has 0 saturated carbocycles. The van der Waals surface area contributed by atoms with Crippen LogP contribution in [0.15, 0.2) is 0 Å². The second kappa shape index (κ2) is 11.7. The minimum absolute atomic E-state index is 0.436. The van der Waals surface area contributed by atoms with E-state index in [0.29, 0.717) is 12.2 Å². The fraction of sp³-hybridized carbons (Fsp3) is 1.00. The molecule has 0 aromatic carbocycles. The van der Waals surface area contributed by atoms with Crippen molar-refractivity contribution >= 4 is 0 Å². The van der Waals surface area contributed by atoms with Crippen LogP contribution in [-0.2, 0) is 4.74 Å². The molecule has 2 atom stereocenters. The van der Waals surface area contributed by atoms with Gasteiger partial charge in [0.1, 0.15) is 0 Å². The van der Waals surface area contributed by atoms with Gasteiger partial charge in [-0.05, 0) is 67.0 Å². The Morgan fingerprint density at radius 2 is 1.05 bits per heavy atom. The molecule has 0 aromatic rings. The first kappa shape index (κ1) is 18.9. The van der Waals surface area contributed by atoms with Gasteiger partial charge < -0.3 is 14.5 Å². The van der Waals surface area contributed by atoms with Gasteiger partial charge in [-0.3, -0.25) is 0 Å². The van der Waals surface area contributed by atoms with Crippen LogP contribution in [0.25, 0.3) is 0 Å². The molecule has 116 valence electrons. The summed E-state index contributed by atoms with van der Waals surface area (Å²) in [7, 11) is 8.55. The van der Waals surface area contributed by atoms with Gasteiger partial charge in [-0.1, -0.05) is 26.7 Å². The molecule has 0 amide bonds. The van der Waals surface area contributed by atoms with Crippen LogP contribution in [-0.4, -0.2) is 63.3 Å². The summed E-state index contributed by atoms with van der Waals surface area (Å²) in [6, 6.07) is 0. The molecule has 0 bridgehead atoms. The molecule has 0 fully saturated rings. The van der Waals surface area contributed by atoms with Crippen LogP contribution in [0.3, 0.4) is 0 Å². The topological polar surface area (TPSA) is 15.7 Å². The van der Waals surface area contributed by atoms with Gasteiger partial charge >= 0.3 is 0 Å². The van der Waals surface area contributed by atoms with E-state index in [2.05, 4.69) is 51.8 Å². The van der Waals surface area contributed by atoms with Crippen molar-refractivity contribution in [3.63, 3.8) is 0 Å². The van der Waals surface area contributed by atoms with Gasteiger partial charge in [-0.15, -0.1) is 0 Å². The average molecular weight is 272 g/mol. The third kappa shape index (κ3) is 11.4. The Morgan fingerprint density at radius 3 is 1.32 bits per heavy atom. The first-order valence-electron chi connectivity index (χ1n) is 7.94. The van der Waals surface area contributed by atoms with Crippen LogP contribution in [0.2, 0.25) is 0 Å². The lowest BCUT2D eigenvalue weighted by Crippen LogP contribution is -2.28. The first-order chi connectivity index (χ1) is 8.99. The Labute approximate surface area is 121 Å². The number of hydrogen-bond acceptors (Lipinski definition) is 3. The summed E-state index contributed by atoms with van der Waals surface area (Å²) in [5.41, 5.74) is 0. The van der Waals surface area contributed by atoms with Gasteiger partial charge in [-0.25, -0.2) is 0 Å². The lowest BCUT2D eigenvalue weighted by Gasteiger charge is -2.26. The molecule has 2 unspecified atom stereocenters. The minimum atomic E-state index is 0.436. The number of ether oxygens (including phenoxy) is 1. The van der Waals surface area contributed by atoms with Crippen LogP contribution in [0.5, 0.6) is 0 Å². The zero-order chi connectivity index (χ0) is 14.7. The number of rotatable bonds is 12. The Bertz CT molecular complexity index is 175. The predicted molar refractivity (Wildman–Crippen MR) is 84.8 cm³/mol. The van der Waals surface area contributed by atoms with Crippen molar-refractivity contribution in [1.82, 2.24) is 9.80 Å². The smallest absolute Gasteiger partial charge is 0.0591 e. The molecule has 0 aromatic heterocycles. The summed E-state index contributed by atoms with van der Waals surface area (Å²) in [6.07, 6.45) is 7.99. The maximum absolute atomic E-state index is 6.38. The average Bonchev–Trinajstić information content (AvgIpc) is 2.33. The SMILES string of the molecule is CCCC(CCN(C)C)OC(CCC)CCN(C)C. The Kier molecular flexibility index (Phi) is 11.6. The minimum Gasteiger partial charge on any atom is -0.375 e. The Balaban J connectivity index is 4.20. The van der Waals surface area contributed by atoms with Crippen molar-refractivity contribution in [3.05, 3.63) is 0 Å². The van der Waals surface area contributed by atoms with E-state index >= 15 is 0 Å². The molecule has 0 saturated heterocycles. The van der Waals surface area contributed by atoms with Crippen LogP contribution in [0.1, 0.15) is 52.4 Å². The molecular weight excluding hydrogens is 236 g/mol. The van der Waals surface area contributed by atoms with Gasteiger partial charge in [0, 0.05) is 0 Å². The van der Waals surface area contributed by atoms with E-state index in [-0.39, 0.29) is 0 Å². The number of hydrogen-bond donors (Lipinski definition) is 0. The molecule has 0 aliphatic heterocycles. The van der Waals surface area contributed by atoms with Gasteiger partial charge in [0.25, 0.3) is 0 Å². The van der Waals surface area contributed by atoms with Crippen LogP contribution in [0, 0.1) is 0 Å². The molecule has 0 heterocycles. The van der Waals surface area contributed by atoms with Crippen molar-refractivity contribution in [1.29, 1.82) is 0 Å². The van der Waals surface area contributed by atoms with Gasteiger partial charge in [0.15, 0.2) is 0 Å². The van der Waals surface area contributed by atoms with E-state index in [9.17, 15) is 0 Å². The van der Waals surface area contributed by atoms with Gasteiger partial charge in [-0.2, -0.15) is 0 Å². The molecule has 0 aliphatic rings. The maximum atomic E-state index is 6.38. The third-order valence-electron chi connectivity index (χ3n) is 3.40. The molecule has 0 rings (SSSR count). The Morgan fingerprint density at radius 1 is 0.684 bits per heavy atom. The predicted octanol–water partition coefficient (Wildman–Crippen LogP) is 3.24. The normalized spacial score (nSPS) is 15.2. The summed E-state index contributed by atoms with van der Waals surface area (Å²) < 4.78 is 6.38. The highest BCUT2D eigenvalue weighted by atomic mass is 16.5. The van der Waals surface area contributed by atoms with E-state index < -0.39 is 0 Å². The van der Waals surface area contributed by atoms with E-state index in [4.69, 9.17) is 4.74 Å². The highest BCUT2D eigenvalue weighted by Gasteiger charge is 2.16. The van der Waals surface area contributed by atoms with Gasteiger partial charge in [0.05, 0.1) is 12.2 Å². The molecule has 0 radical (unpaired) electrons. The fourth-order valence-electron chi connectivity index (χ4n) is 2.28. The summed E-state index contributed by atoms with van der Waals surface area (Å²) in [4.78, 5) is 4.50.